The van der Waals surface area contributed by atoms with Crippen LogP contribution >= 0.6 is 0 Å². The van der Waals surface area contributed by atoms with E-state index in [9.17, 15) is 13.2 Å². The van der Waals surface area contributed by atoms with Gasteiger partial charge in [-0.1, -0.05) is 24.3 Å². The van der Waals surface area contributed by atoms with Crippen molar-refractivity contribution in [3.63, 3.8) is 0 Å². The molecule has 22 heavy (non-hydrogen) atoms. The summed E-state index contributed by atoms with van der Waals surface area (Å²) >= 11 is 0. The Labute approximate surface area is 130 Å². The number of para-hydroxylation sites is 2. The molecule has 0 saturated carbocycles. The zero-order chi connectivity index (χ0) is 16.3. The van der Waals surface area contributed by atoms with E-state index in [0.717, 1.165) is 5.56 Å². The predicted molar refractivity (Wildman–Crippen MR) is 87.5 cm³/mol. The van der Waals surface area contributed by atoms with Crippen LogP contribution in [-0.2, 0) is 14.8 Å². The number of carbonyl (C=O) groups is 1. The third-order valence-corrected chi connectivity index (χ3v) is 4.65. The van der Waals surface area contributed by atoms with Crippen molar-refractivity contribution in [3.05, 3.63) is 54.1 Å². The Hall–Kier alpha value is -2.34. The summed E-state index contributed by atoms with van der Waals surface area (Å²) in [5.74, 6) is -0.179. The standard InChI is InChI=1S/C16H18N2O3S/c1-12-7-6-8-14(11-12)22(20,21)17-15-9-4-5-10-16(15)18(3)13(2)19/h4-11,17H,1-3H3. The van der Waals surface area contributed by atoms with E-state index in [1.807, 2.05) is 13.0 Å². The monoisotopic (exact) mass is 318 g/mol. The fourth-order valence-electron chi connectivity index (χ4n) is 2.01. The molecule has 0 spiro atoms. The van der Waals surface area contributed by atoms with Gasteiger partial charge in [0.1, 0.15) is 0 Å². The van der Waals surface area contributed by atoms with E-state index in [2.05, 4.69) is 4.72 Å². The van der Waals surface area contributed by atoms with Crippen LogP contribution < -0.4 is 9.62 Å². The lowest BCUT2D eigenvalue weighted by Gasteiger charge is -2.19. The largest absolute Gasteiger partial charge is 0.314 e. The third kappa shape index (κ3) is 3.46. The average Bonchev–Trinajstić information content (AvgIpc) is 2.46. The van der Waals surface area contributed by atoms with E-state index in [4.69, 9.17) is 0 Å². The Morgan fingerprint density at radius 1 is 1.09 bits per heavy atom. The van der Waals surface area contributed by atoms with E-state index in [0.29, 0.717) is 11.4 Å². The van der Waals surface area contributed by atoms with Gasteiger partial charge >= 0.3 is 0 Å². The minimum Gasteiger partial charge on any atom is -0.314 e. The number of hydrogen-bond acceptors (Lipinski definition) is 3. The van der Waals surface area contributed by atoms with Crippen LogP contribution in [-0.4, -0.2) is 21.4 Å². The van der Waals surface area contributed by atoms with Gasteiger partial charge in [-0.05, 0) is 36.8 Å². The van der Waals surface area contributed by atoms with Crippen molar-refractivity contribution in [2.45, 2.75) is 18.7 Å². The van der Waals surface area contributed by atoms with Gasteiger partial charge in [-0.3, -0.25) is 9.52 Å². The Morgan fingerprint density at radius 2 is 1.77 bits per heavy atom. The van der Waals surface area contributed by atoms with Crippen molar-refractivity contribution in [1.82, 2.24) is 0 Å². The van der Waals surface area contributed by atoms with Crippen LogP contribution in [0.2, 0.25) is 0 Å². The first-order chi connectivity index (χ1) is 10.3. The number of nitrogens with one attached hydrogen (secondary N) is 1. The maximum atomic E-state index is 12.5. The summed E-state index contributed by atoms with van der Waals surface area (Å²) in [5, 5.41) is 0. The molecule has 0 bridgehead atoms. The van der Waals surface area contributed by atoms with Crippen LogP contribution in [0.4, 0.5) is 11.4 Å². The minimum atomic E-state index is -3.71. The number of anilines is 2. The molecule has 5 nitrogen and oxygen atoms in total. The van der Waals surface area contributed by atoms with Gasteiger partial charge in [0.15, 0.2) is 0 Å². The summed E-state index contributed by atoms with van der Waals surface area (Å²) in [6.45, 7) is 3.25. The normalized spacial score (nSPS) is 11.0. The molecule has 0 aliphatic rings. The quantitative estimate of drug-likeness (QED) is 0.942. The summed E-state index contributed by atoms with van der Waals surface area (Å²) < 4.78 is 27.5. The first-order valence-electron chi connectivity index (χ1n) is 6.74. The van der Waals surface area contributed by atoms with Gasteiger partial charge < -0.3 is 4.90 Å². The number of sulfonamides is 1. The highest BCUT2D eigenvalue weighted by Gasteiger charge is 2.18. The molecule has 0 heterocycles. The van der Waals surface area contributed by atoms with Gasteiger partial charge in [0.25, 0.3) is 10.0 Å². The molecular formula is C16H18N2O3S. The molecule has 0 fully saturated rings. The Kier molecular flexibility index (Phi) is 4.51. The van der Waals surface area contributed by atoms with Gasteiger partial charge in [-0.15, -0.1) is 0 Å². The topological polar surface area (TPSA) is 66.5 Å². The molecule has 0 atom stereocenters. The Balaban J connectivity index is 2.41. The molecule has 1 N–H and O–H groups in total. The first-order valence-corrected chi connectivity index (χ1v) is 8.22. The van der Waals surface area contributed by atoms with Crippen LogP contribution in [0.1, 0.15) is 12.5 Å². The molecule has 0 unspecified atom stereocenters. The lowest BCUT2D eigenvalue weighted by atomic mass is 10.2. The van der Waals surface area contributed by atoms with Gasteiger partial charge in [0, 0.05) is 14.0 Å². The van der Waals surface area contributed by atoms with Crippen molar-refractivity contribution in [1.29, 1.82) is 0 Å². The highest BCUT2D eigenvalue weighted by atomic mass is 32.2. The lowest BCUT2D eigenvalue weighted by Crippen LogP contribution is -2.25. The summed E-state index contributed by atoms with van der Waals surface area (Å²) in [7, 11) is -2.11. The van der Waals surface area contributed by atoms with Crippen LogP contribution in [0.5, 0.6) is 0 Å². The molecule has 0 aromatic heterocycles. The van der Waals surface area contributed by atoms with Crippen molar-refractivity contribution >= 4 is 27.3 Å². The van der Waals surface area contributed by atoms with Crippen molar-refractivity contribution in [3.8, 4) is 0 Å². The summed E-state index contributed by atoms with van der Waals surface area (Å²) in [4.78, 5) is 13.1. The summed E-state index contributed by atoms with van der Waals surface area (Å²) in [6.07, 6.45) is 0. The third-order valence-electron chi connectivity index (χ3n) is 3.28. The number of rotatable bonds is 4. The molecule has 6 heteroatoms. The fraction of sp³-hybridized carbons (Fsp3) is 0.188. The molecule has 2 rings (SSSR count). The van der Waals surface area contributed by atoms with Crippen molar-refractivity contribution < 1.29 is 13.2 Å². The van der Waals surface area contributed by atoms with E-state index in [1.54, 1.807) is 43.4 Å². The van der Waals surface area contributed by atoms with Crippen LogP contribution in [0.3, 0.4) is 0 Å². The van der Waals surface area contributed by atoms with Gasteiger partial charge in [0.05, 0.1) is 16.3 Å². The first kappa shape index (κ1) is 16.0. The highest BCUT2D eigenvalue weighted by molar-refractivity contribution is 7.92. The molecule has 116 valence electrons. The second kappa shape index (κ2) is 6.19. The number of benzene rings is 2. The number of hydrogen-bond donors (Lipinski definition) is 1. The van der Waals surface area contributed by atoms with Crippen LogP contribution in [0, 0.1) is 6.92 Å². The molecule has 0 saturated heterocycles. The SMILES string of the molecule is CC(=O)N(C)c1ccccc1NS(=O)(=O)c1cccc(C)c1. The van der Waals surface area contributed by atoms with Crippen molar-refractivity contribution in [2.75, 3.05) is 16.7 Å². The fourth-order valence-corrected chi connectivity index (χ4v) is 3.19. The Morgan fingerprint density at radius 3 is 2.41 bits per heavy atom. The molecule has 0 radical (unpaired) electrons. The van der Waals surface area contributed by atoms with E-state index in [1.165, 1.54) is 17.9 Å². The second-order valence-corrected chi connectivity index (χ2v) is 6.70. The van der Waals surface area contributed by atoms with Crippen molar-refractivity contribution in [2.24, 2.45) is 0 Å². The maximum Gasteiger partial charge on any atom is 0.261 e. The van der Waals surface area contributed by atoms with E-state index < -0.39 is 10.0 Å². The number of aryl methyl sites for hydroxylation is 1. The van der Waals surface area contributed by atoms with E-state index >= 15 is 0 Å². The molecule has 1 amide bonds. The summed E-state index contributed by atoms with van der Waals surface area (Å²) in [6, 6.07) is 13.4. The number of carbonyl (C=O) groups excluding carboxylic acids is 1. The minimum absolute atomic E-state index is 0.179. The van der Waals surface area contributed by atoms with Gasteiger partial charge in [-0.25, -0.2) is 8.42 Å². The average molecular weight is 318 g/mol. The number of amides is 1. The van der Waals surface area contributed by atoms with Gasteiger partial charge in [0.2, 0.25) is 5.91 Å². The van der Waals surface area contributed by atoms with Crippen LogP contribution in [0.25, 0.3) is 0 Å². The molecule has 2 aromatic carbocycles. The maximum absolute atomic E-state index is 12.5. The number of nitrogens with zero attached hydrogens (tertiary/aromatic N) is 1. The molecular weight excluding hydrogens is 300 g/mol. The molecule has 2 aromatic rings. The van der Waals surface area contributed by atoms with E-state index in [-0.39, 0.29) is 10.8 Å². The zero-order valence-electron chi connectivity index (χ0n) is 12.7. The second-order valence-electron chi connectivity index (χ2n) is 5.02. The predicted octanol–water partition coefficient (Wildman–Crippen LogP) is 2.78. The highest BCUT2D eigenvalue weighted by Crippen LogP contribution is 2.27. The van der Waals surface area contributed by atoms with Gasteiger partial charge in [-0.2, -0.15) is 0 Å². The Bertz CT molecular complexity index is 801. The lowest BCUT2D eigenvalue weighted by molar-refractivity contribution is -0.116. The smallest absolute Gasteiger partial charge is 0.261 e. The molecule has 0 aliphatic heterocycles. The van der Waals surface area contributed by atoms with Crippen LogP contribution in [0.15, 0.2) is 53.4 Å². The summed E-state index contributed by atoms with van der Waals surface area (Å²) in [5.41, 5.74) is 1.73. The zero-order valence-corrected chi connectivity index (χ0v) is 13.5. The molecule has 0 aliphatic carbocycles.